The van der Waals surface area contributed by atoms with E-state index in [-0.39, 0.29) is 63.3 Å². The summed E-state index contributed by atoms with van der Waals surface area (Å²) < 4.78 is 69.5. The van der Waals surface area contributed by atoms with Gasteiger partial charge in [0.1, 0.15) is 32.5 Å². The van der Waals surface area contributed by atoms with Gasteiger partial charge in [-0.05, 0) is 83.2 Å². The molecule has 0 aliphatic carbocycles. The van der Waals surface area contributed by atoms with Crippen LogP contribution in [-0.4, -0.2) is 81.7 Å². The number of fused-ring (bicyclic) bond motifs is 1. The van der Waals surface area contributed by atoms with Crippen LogP contribution in [0.1, 0.15) is 10.4 Å². The molecule has 20 nitrogen and oxygen atoms in total. The largest absolute Gasteiger partial charge is 0.507 e. The van der Waals surface area contributed by atoms with E-state index >= 15 is 0 Å². The fourth-order valence-corrected chi connectivity index (χ4v) is 6.60. The van der Waals surface area contributed by atoms with Gasteiger partial charge in [0.15, 0.2) is 5.75 Å². The Morgan fingerprint density at radius 2 is 1.03 bits per heavy atom. The van der Waals surface area contributed by atoms with Crippen LogP contribution in [0.2, 0.25) is 0 Å². The first-order chi connectivity index (χ1) is 26.9. The number of nitro benzene ring substituents is 1. The molecule has 6 aromatic rings. The van der Waals surface area contributed by atoms with Crippen LogP contribution >= 0.6 is 0 Å². The fraction of sp³-hybridized carbons (Fsp3) is 0. The van der Waals surface area contributed by atoms with Gasteiger partial charge in [0.2, 0.25) is 0 Å². The molecule has 0 amide bonds. The number of aromatic hydroxyl groups is 2. The van der Waals surface area contributed by atoms with Gasteiger partial charge in [-0.3, -0.25) is 19.2 Å². The molecule has 7 N–H and O–H groups in total. The predicted octanol–water partition coefficient (Wildman–Crippen LogP) is 8.47. The first-order valence-electron chi connectivity index (χ1n) is 15.7. The van der Waals surface area contributed by atoms with Crippen molar-refractivity contribution in [2.75, 3.05) is 5.73 Å². The number of nitrogens with zero attached hydrogens (tertiary/aromatic N) is 7. The second-order valence-corrected chi connectivity index (χ2v) is 14.5. The molecule has 6 rings (SSSR count). The number of carboxylic acids is 1. The molecule has 0 saturated heterocycles. The third-order valence-electron chi connectivity index (χ3n) is 8.02. The van der Waals surface area contributed by atoms with Crippen molar-refractivity contribution in [1.29, 1.82) is 0 Å². The molecule has 0 aliphatic heterocycles. The van der Waals surface area contributed by atoms with Gasteiger partial charge in [0.25, 0.3) is 25.9 Å². The summed E-state index contributed by atoms with van der Waals surface area (Å²) in [5, 5.41) is 63.9. The number of nitro groups is 1. The molecule has 0 spiro atoms. The second-order valence-electron chi connectivity index (χ2n) is 11.7. The summed E-state index contributed by atoms with van der Waals surface area (Å²) in [7, 11) is -10.3. The minimum Gasteiger partial charge on any atom is -0.507 e. The average Bonchev–Trinajstić information content (AvgIpc) is 3.16. The summed E-state index contributed by atoms with van der Waals surface area (Å²) in [6.45, 7) is 0. The van der Waals surface area contributed by atoms with Gasteiger partial charge in [-0.1, -0.05) is 24.3 Å². The zero-order chi connectivity index (χ0) is 41.2. The van der Waals surface area contributed by atoms with E-state index in [1.807, 2.05) is 0 Å². The third-order valence-corrected chi connectivity index (χ3v) is 9.75. The van der Waals surface area contributed by atoms with Gasteiger partial charge in [-0.15, -0.1) is 10.2 Å². The topological polar surface area (TPSA) is 330 Å². The first-order valence-corrected chi connectivity index (χ1v) is 18.6. The van der Waals surface area contributed by atoms with E-state index in [2.05, 4.69) is 30.7 Å². The van der Waals surface area contributed by atoms with E-state index in [0.717, 1.165) is 29.8 Å². The normalized spacial score (nSPS) is 12.0. The molecule has 0 bridgehead atoms. The van der Waals surface area contributed by atoms with Crippen LogP contribution < -0.4 is 5.73 Å². The van der Waals surface area contributed by atoms with Gasteiger partial charge in [-0.2, -0.15) is 37.3 Å². The number of rotatable bonds is 11. The molecule has 0 atom stereocenters. The zero-order valence-electron chi connectivity index (χ0n) is 29.4. The average molecular weight is 836 g/mol. The zero-order valence-corrected chi connectivity index (χ0v) is 33.1. The number of phenols is 2. The van der Waals surface area contributed by atoms with Crippen LogP contribution in [0.3, 0.4) is 0 Å². The monoisotopic (exact) mass is 835 g/mol. The van der Waals surface area contributed by atoms with Crippen molar-refractivity contribution in [2.45, 2.75) is 9.79 Å². The number of nitrogen functional groups attached to an aromatic ring is 1. The molecule has 0 aliphatic rings. The van der Waals surface area contributed by atoms with E-state index in [4.69, 9.17) is 5.73 Å². The molecule has 0 aromatic heterocycles. The Labute approximate surface area is 348 Å². The standard InChI is InChI=1S/C35H24N8O12S2.Na/c36-31-30-20(15-28(56(50,51)52)32(31)41-38-23-9-12-25(13-10-23)43(48)49)16-29(57(53,54)55)33(34(30)45)42-39-22-7-3-19(4-8-22)18-1-5-21(6-2-18)37-40-24-11-14-27(44)26(17-24)35(46)47;/h1-17,44-45H,36H2,(H,46,47)(H,50,51,52)(H,53,54,55);. The Kier molecular flexibility index (Phi) is 12.4. The summed E-state index contributed by atoms with van der Waals surface area (Å²) in [4.78, 5) is 19.6. The van der Waals surface area contributed by atoms with Gasteiger partial charge < -0.3 is 21.1 Å². The Morgan fingerprint density at radius 3 is 1.50 bits per heavy atom. The maximum absolute atomic E-state index is 12.4. The van der Waals surface area contributed by atoms with Crippen LogP contribution in [0.25, 0.3) is 21.9 Å². The van der Waals surface area contributed by atoms with Crippen molar-refractivity contribution in [3.05, 3.63) is 119 Å². The molecule has 0 saturated carbocycles. The van der Waals surface area contributed by atoms with Crippen LogP contribution in [0.4, 0.5) is 45.5 Å². The smallest absolute Gasteiger partial charge is 0.339 e. The van der Waals surface area contributed by atoms with Crippen LogP contribution in [-0.2, 0) is 20.2 Å². The number of azo groups is 3. The van der Waals surface area contributed by atoms with Crippen molar-refractivity contribution < 1.29 is 51.0 Å². The van der Waals surface area contributed by atoms with Crippen LogP contribution in [0.5, 0.6) is 11.5 Å². The molecular weight excluding hydrogens is 812 g/mol. The summed E-state index contributed by atoms with van der Waals surface area (Å²) in [6.07, 6.45) is 0. The van der Waals surface area contributed by atoms with Crippen molar-refractivity contribution in [3.63, 3.8) is 0 Å². The van der Waals surface area contributed by atoms with Crippen LogP contribution in [0, 0.1) is 10.1 Å². The Morgan fingerprint density at radius 1 is 0.621 bits per heavy atom. The Balaban J connectivity index is 0.00000641. The second kappa shape index (κ2) is 16.9. The van der Waals surface area contributed by atoms with E-state index < -0.39 is 74.9 Å². The molecule has 289 valence electrons. The predicted molar refractivity (Wildman–Crippen MR) is 208 cm³/mol. The summed E-state index contributed by atoms with van der Waals surface area (Å²) >= 11 is 0. The van der Waals surface area contributed by atoms with Crippen LogP contribution in [0.15, 0.2) is 144 Å². The number of hydrogen-bond acceptors (Lipinski definition) is 16. The molecular formula is C35H24N8NaO12S2. The maximum Gasteiger partial charge on any atom is 0.339 e. The number of carboxylic acid groups (broad SMARTS) is 1. The molecule has 23 heteroatoms. The quantitative estimate of drug-likeness (QED) is 0.0178. The van der Waals surface area contributed by atoms with E-state index in [0.29, 0.717) is 11.3 Å². The third kappa shape index (κ3) is 9.35. The van der Waals surface area contributed by atoms with E-state index in [9.17, 15) is 56.2 Å². The fourth-order valence-electron chi connectivity index (χ4n) is 5.27. The molecule has 0 heterocycles. The summed E-state index contributed by atoms with van der Waals surface area (Å²) in [5.41, 5.74) is 5.82. The number of non-ortho nitro benzene ring substituents is 1. The Hall–Kier alpha value is -6.53. The summed E-state index contributed by atoms with van der Waals surface area (Å²) in [6, 6.07) is 22.9. The number of carbonyl (C=O) groups is 1. The van der Waals surface area contributed by atoms with Gasteiger partial charge in [0, 0.05) is 41.7 Å². The maximum atomic E-state index is 12.4. The first kappa shape index (κ1) is 42.6. The number of hydrogen-bond donors (Lipinski definition) is 6. The molecule has 1 radical (unpaired) electrons. The van der Waals surface area contributed by atoms with Crippen molar-refractivity contribution in [3.8, 4) is 22.6 Å². The minimum absolute atomic E-state index is 0. The minimum atomic E-state index is -5.16. The number of phenolic OH excluding ortho intramolecular Hbond substituents is 1. The van der Waals surface area contributed by atoms with E-state index in [1.165, 1.54) is 42.5 Å². The van der Waals surface area contributed by atoms with Gasteiger partial charge in [-0.25, -0.2) is 4.79 Å². The molecule has 6 aromatic carbocycles. The molecule has 0 unspecified atom stereocenters. The van der Waals surface area contributed by atoms with Crippen molar-refractivity contribution in [1.82, 2.24) is 0 Å². The van der Waals surface area contributed by atoms with Gasteiger partial charge >= 0.3 is 5.97 Å². The van der Waals surface area contributed by atoms with E-state index in [1.54, 1.807) is 36.4 Å². The number of aromatic carboxylic acids is 1. The number of nitrogens with two attached hydrogens (primary N) is 1. The molecule has 58 heavy (non-hydrogen) atoms. The number of benzene rings is 6. The van der Waals surface area contributed by atoms with Gasteiger partial charge in [0.05, 0.1) is 38.7 Å². The molecule has 0 fully saturated rings. The SMILES string of the molecule is Nc1c(N=Nc2ccc([N+](=O)[O-])cc2)c(S(=O)(=O)O)cc2cc(S(=O)(=O)O)c(N=Nc3ccc(-c4ccc(N=Nc5ccc(O)c(C(=O)O)c5)cc4)cc3)c(O)c12.[Na]. The van der Waals surface area contributed by atoms with Crippen molar-refractivity contribution in [2.24, 2.45) is 30.7 Å². The van der Waals surface area contributed by atoms with Crippen molar-refractivity contribution >= 4 is 112 Å². The number of anilines is 1. The Bertz CT molecular complexity index is 2930. The summed E-state index contributed by atoms with van der Waals surface area (Å²) in [5.74, 6) is -2.69.